The number of hydrogen-bond acceptors (Lipinski definition) is 2. The second-order valence-electron chi connectivity index (χ2n) is 4.86. The summed E-state index contributed by atoms with van der Waals surface area (Å²) >= 11 is 0. The monoisotopic (exact) mass is 233 g/mol. The quantitative estimate of drug-likeness (QED) is 0.730. The number of rotatable bonds is 7. The van der Waals surface area contributed by atoms with Gasteiger partial charge in [0.05, 0.1) is 12.7 Å². The Balaban J connectivity index is 1.72. The fourth-order valence-corrected chi connectivity index (χ4v) is 1.91. The Morgan fingerprint density at radius 2 is 1.88 bits per heavy atom. The topological polar surface area (TPSA) is 21.3 Å². The molecule has 0 heterocycles. The lowest BCUT2D eigenvalue weighted by Gasteiger charge is -2.25. The lowest BCUT2D eigenvalue weighted by atomic mass is 9.96. The van der Waals surface area contributed by atoms with Crippen LogP contribution in [0.15, 0.2) is 24.3 Å². The Kier molecular flexibility index (Phi) is 5.02. The maximum Gasteiger partial charge on any atom is 0.0720 e. The van der Waals surface area contributed by atoms with Crippen molar-refractivity contribution in [2.24, 2.45) is 0 Å². The summed E-state index contributed by atoms with van der Waals surface area (Å²) in [6.07, 6.45) is 5.55. The summed E-state index contributed by atoms with van der Waals surface area (Å²) in [5.74, 6) is 0. The molecular weight excluding hydrogens is 210 g/mol. The average molecular weight is 233 g/mol. The van der Waals surface area contributed by atoms with E-state index in [9.17, 15) is 0 Å². The molecule has 0 spiro atoms. The molecule has 0 radical (unpaired) electrons. The molecule has 1 aliphatic rings. The first-order valence-corrected chi connectivity index (χ1v) is 6.78. The Labute approximate surface area is 104 Å². The van der Waals surface area contributed by atoms with Crippen molar-refractivity contribution in [3.8, 4) is 0 Å². The van der Waals surface area contributed by atoms with Gasteiger partial charge in [-0.05, 0) is 43.4 Å². The normalized spacial score (nSPS) is 15.8. The van der Waals surface area contributed by atoms with E-state index in [1.54, 1.807) is 0 Å². The zero-order valence-corrected chi connectivity index (χ0v) is 10.7. The van der Waals surface area contributed by atoms with Crippen molar-refractivity contribution in [1.82, 2.24) is 5.32 Å². The van der Waals surface area contributed by atoms with Gasteiger partial charge >= 0.3 is 0 Å². The molecule has 2 heteroatoms. The Bertz CT molecular complexity index is 316. The number of benzene rings is 1. The molecule has 0 bridgehead atoms. The predicted octanol–water partition coefficient (Wildman–Crippen LogP) is 3.26. The largest absolute Gasteiger partial charge is 0.374 e. The fourth-order valence-electron chi connectivity index (χ4n) is 1.91. The molecule has 1 aromatic carbocycles. The van der Waals surface area contributed by atoms with Crippen LogP contribution in [-0.4, -0.2) is 12.6 Å². The van der Waals surface area contributed by atoms with Gasteiger partial charge in [0.15, 0.2) is 0 Å². The van der Waals surface area contributed by atoms with Crippen molar-refractivity contribution in [3.63, 3.8) is 0 Å². The number of ether oxygens (including phenoxy) is 1. The van der Waals surface area contributed by atoms with E-state index in [0.717, 1.165) is 19.7 Å². The van der Waals surface area contributed by atoms with Gasteiger partial charge in [-0.3, -0.25) is 0 Å². The Hall–Kier alpha value is -0.860. The lowest BCUT2D eigenvalue weighted by molar-refractivity contribution is -0.00866. The van der Waals surface area contributed by atoms with Crippen molar-refractivity contribution in [2.75, 3.05) is 6.54 Å². The number of nitrogens with one attached hydrogen (secondary N) is 1. The highest BCUT2D eigenvalue weighted by Gasteiger charge is 2.17. The molecule has 1 N–H and O–H groups in total. The predicted molar refractivity (Wildman–Crippen MR) is 70.9 cm³/mol. The van der Waals surface area contributed by atoms with Crippen LogP contribution in [0.4, 0.5) is 0 Å². The molecule has 0 amide bonds. The van der Waals surface area contributed by atoms with E-state index in [2.05, 4.69) is 36.5 Å². The van der Waals surface area contributed by atoms with Crippen LogP contribution in [0.3, 0.4) is 0 Å². The summed E-state index contributed by atoms with van der Waals surface area (Å²) in [6.45, 7) is 5.02. The van der Waals surface area contributed by atoms with Crippen molar-refractivity contribution in [3.05, 3.63) is 35.4 Å². The van der Waals surface area contributed by atoms with Gasteiger partial charge in [-0.2, -0.15) is 0 Å². The van der Waals surface area contributed by atoms with E-state index in [1.807, 2.05) is 0 Å². The first-order valence-electron chi connectivity index (χ1n) is 6.78. The van der Waals surface area contributed by atoms with Crippen LogP contribution >= 0.6 is 0 Å². The second-order valence-corrected chi connectivity index (χ2v) is 4.86. The Morgan fingerprint density at radius 1 is 1.18 bits per heavy atom. The molecule has 0 aliphatic heterocycles. The van der Waals surface area contributed by atoms with Crippen LogP contribution in [0.25, 0.3) is 0 Å². The zero-order chi connectivity index (χ0) is 11.9. The fraction of sp³-hybridized carbons (Fsp3) is 0.600. The summed E-state index contributed by atoms with van der Waals surface area (Å²) in [5, 5.41) is 3.41. The zero-order valence-electron chi connectivity index (χ0n) is 10.7. The van der Waals surface area contributed by atoms with Crippen LogP contribution in [0.2, 0.25) is 0 Å². The number of hydrogen-bond donors (Lipinski definition) is 1. The van der Waals surface area contributed by atoms with Gasteiger partial charge in [-0.25, -0.2) is 0 Å². The summed E-state index contributed by atoms with van der Waals surface area (Å²) in [6, 6.07) is 8.76. The van der Waals surface area contributed by atoms with Gasteiger partial charge in [0.2, 0.25) is 0 Å². The minimum Gasteiger partial charge on any atom is -0.374 e. The standard InChI is InChI=1S/C15H23NO/c1-2-10-16-11-13-6-8-14(9-7-13)12-17-15-4-3-5-15/h6-9,15-16H,2-5,10-12H2,1H3. The van der Waals surface area contributed by atoms with Crippen LogP contribution in [0.1, 0.15) is 43.7 Å². The molecule has 1 aromatic rings. The van der Waals surface area contributed by atoms with Crippen molar-refractivity contribution >= 4 is 0 Å². The molecule has 0 atom stereocenters. The third-order valence-corrected chi connectivity index (χ3v) is 3.32. The van der Waals surface area contributed by atoms with Gasteiger partial charge < -0.3 is 10.1 Å². The third kappa shape index (κ3) is 4.14. The molecular formula is C15H23NO. The summed E-state index contributed by atoms with van der Waals surface area (Å²) in [4.78, 5) is 0. The average Bonchev–Trinajstić information content (AvgIpc) is 2.29. The van der Waals surface area contributed by atoms with E-state index in [-0.39, 0.29) is 0 Å². The van der Waals surface area contributed by atoms with E-state index in [0.29, 0.717) is 6.10 Å². The van der Waals surface area contributed by atoms with Gasteiger partial charge in [0.25, 0.3) is 0 Å². The second kappa shape index (κ2) is 6.77. The van der Waals surface area contributed by atoms with Crippen molar-refractivity contribution in [2.45, 2.75) is 51.9 Å². The van der Waals surface area contributed by atoms with Crippen LogP contribution in [0.5, 0.6) is 0 Å². The first kappa shape index (κ1) is 12.6. The molecule has 94 valence electrons. The molecule has 2 nitrogen and oxygen atoms in total. The molecule has 17 heavy (non-hydrogen) atoms. The third-order valence-electron chi connectivity index (χ3n) is 3.32. The van der Waals surface area contributed by atoms with E-state index in [4.69, 9.17) is 4.74 Å². The van der Waals surface area contributed by atoms with Gasteiger partial charge in [-0.15, -0.1) is 0 Å². The highest BCUT2D eigenvalue weighted by molar-refractivity contribution is 5.21. The van der Waals surface area contributed by atoms with E-state index < -0.39 is 0 Å². The molecule has 2 rings (SSSR count). The van der Waals surface area contributed by atoms with Gasteiger partial charge in [0.1, 0.15) is 0 Å². The van der Waals surface area contributed by atoms with E-state index >= 15 is 0 Å². The van der Waals surface area contributed by atoms with Crippen molar-refractivity contribution in [1.29, 1.82) is 0 Å². The molecule has 1 fully saturated rings. The van der Waals surface area contributed by atoms with Gasteiger partial charge in [-0.1, -0.05) is 31.2 Å². The lowest BCUT2D eigenvalue weighted by Crippen LogP contribution is -2.21. The van der Waals surface area contributed by atoms with E-state index in [1.165, 1.54) is 36.8 Å². The minimum atomic E-state index is 0.529. The highest BCUT2D eigenvalue weighted by atomic mass is 16.5. The molecule has 1 saturated carbocycles. The van der Waals surface area contributed by atoms with Crippen LogP contribution in [0, 0.1) is 0 Å². The first-order chi connectivity index (χ1) is 8.38. The SMILES string of the molecule is CCCNCc1ccc(COC2CCC2)cc1. The molecule has 0 aromatic heterocycles. The maximum absolute atomic E-state index is 5.79. The highest BCUT2D eigenvalue weighted by Crippen LogP contribution is 2.23. The summed E-state index contributed by atoms with van der Waals surface area (Å²) in [5.41, 5.74) is 2.64. The van der Waals surface area contributed by atoms with Crippen LogP contribution in [-0.2, 0) is 17.9 Å². The molecule has 0 unspecified atom stereocenters. The van der Waals surface area contributed by atoms with Crippen molar-refractivity contribution < 1.29 is 4.74 Å². The maximum atomic E-state index is 5.79. The molecule has 1 aliphatic carbocycles. The molecule has 0 saturated heterocycles. The summed E-state index contributed by atoms with van der Waals surface area (Å²) < 4.78 is 5.79. The smallest absolute Gasteiger partial charge is 0.0720 e. The minimum absolute atomic E-state index is 0.529. The summed E-state index contributed by atoms with van der Waals surface area (Å²) in [7, 11) is 0. The van der Waals surface area contributed by atoms with Gasteiger partial charge in [0, 0.05) is 6.54 Å². The Morgan fingerprint density at radius 3 is 2.47 bits per heavy atom. The van der Waals surface area contributed by atoms with Crippen LogP contribution < -0.4 is 5.32 Å².